The zero-order valence-electron chi connectivity index (χ0n) is 12.2. The summed E-state index contributed by atoms with van der Waals surface area (Å²) < 4.78 is 10.3. The van der Waals surface area contributed by atoms with Gasteiger partial charge in [0.15, 0.2) is 0 Å². The summed E-state index contributed by atoms with van der Waals surface area (Å²) in [4.78, 5) is 21.8. The predicted molar refractivity (Wildman–Crippen MR) is 81.0 cm³/mol. The van der Waals surface area contributed by atoms with Gasteiger partial charge in [-0.15, -0.1) is 0 Å². The van der Waals surface area contributed by atoms with Gasteiger partial charge in [-0.05, 0) is 19.1 Å². The van der Waals surface area contributed by atoms with Crippen LogP contribution >= 0.6 is 0 Å². The lowest BCUT2D eigenvalue weighted by molar-refractivity contribution is -0.384. The van der Waals surface area contributed by atoms with Crippen LogP contribution in [0.15, 0.2) is 46.4 Å². The van der Waals surface area contributed by atoms with Crippen LogP contribution in [0.2, 0.25) is 0 Å². The van der Waals surface area contributed by atoms with Gasteiger partial charge in [0.05, 0.1) is 11.5 Å². The molecule has 0 aliphatic carbocycles. The Labute approximate surface area is 131 Å². The molecule has 0 atom stereocenters. The molecule has 0 spiro atoms. The van der Waals surface area contributed by atoms with E-state index in [0.29, 0.717) is 11.3 Å². The second kappa shape index (κ2) is 7.04. The summed E-state index contributed by atoms with van der Waals surface area (Å²) in [5.41, 5.74) is 0.278. The molecule has 7 heteroatoms. The van der Waals surface area contributed by atoms with Gasteiger partial charge in [-0.25, -0.2) is 4.79 Å². The molecule has 1 heterocycles. The number of carbonyl (C=O) groups excluding carboxylic acids is 1. The number of esters is 1. The average Bonchev–Trinajstić information content (AvgIpc) is 3.01. The van der Waals surface area contributed by atoms with Crippen LogP contribution in [0.5, 0.6) is 0 Å². The quantitative estimate of drug-likeness (QED) is 0.275. The van der Waals surface area contributed by atoms with Crippen molar-refractivity contribution in [1.82, 2.24) is 0 Å². The summed E-state index contributed by atoms with van der Waals surface area (Å²) in [5, 5.41) is 19.8. The summed E-state index contributed by atoms with van der Waals surface area (Å²) >= 11 is 0. The number of nitro groups is 1. The second-order valence-electron chi connectivity index (χ2n) is 4.40. The molecule has 0 radical (unpaired) electrons. The number of hydrogen-bond acceptors (Lipinski definition) is 6. The third kappa shape index (κ3) is 3.83. The number of ether oxygens (including phenoxy) is 1. The van der Waals surface area contributed by atoms with E-state index in [0.717, 1.165) is 0 Å². The highest BCUT2D eigenvalue weighted by atomic mass is 16.6. The van der Waals surface area contributed by atoms with Crippen LogP contribution in [0, 0.1) is 21.4 Å². The van der Waals surface area contributed by atoms with Gasteiger partial charge < -0.3 is 9.15 Å². The number of nitrogens with zero attached hydrogens (tertiary/aromatic N) is 2. The molecule has 0 amide bonds. The highest BCUT2D eigenvalue weighted by Crippen LogP contribution is 2.26. The third-order valence-electron chi connectivity index (χ3n) is 2.87. The van der Waals surface area contributed by atoms with Crippen LogP contribution in [-0.4, -0.2) is 17.5 Å². The van der Waals surface area contributed by atoms with Crippen LogP contribution in [0.25, 0.3) is 17.4 Å². The van der Waals surface area contributed by atoms with Gasteiger partial charge in [0.2, 0.25) is 0 Å². The fourth-order valence-electron chi connectivity index (χ4n) is 1.85. The maximum Gasteiger partial charge on any atom is 0.349 e. The van der Waals surface area contributed by atoms with Crippen LogP contribution in [0.3, 0.4) is 0 Å². The maximum absolute atomic E-state index is 11.5. The van der Waals surface area contributed by atoms with Gasteiger partial charge in [0, 0.05) is 23.8 Å². The SMILES string of the molecule is CCOC(=O)C(C#N)=Cc1ccc(-c2cccc([N+](=O)[O-])c2)o1. The molecule has 1 aromatic heterocycles. The summed E-state index contributed by atoms with van der Waals surface area (Å²) in [6.07, 6.45) is 1.26. The largest absolute Gasteiger partial charge is 0.462 e. The molecule has 0 saturated heterocycles. The first-order chi connectivity index (χ1) is 11.0. The summed E-state index contributed by atoms with van der Waals surface area (Å²) in [6.45, 7) is 1.80. The molecule has 0 saturated carbocycles. The summed E-state index contributed by atoms with van der Waals surface area (Å²) in [6, 6.07) is 10.9. The maximum atomic E-state index is 11.5. The highest BCUT2D eigenvalue weighted by Gasteiger charge is 2.13. The van der Waals surface area contributed by atoms with Gasteiger partial charge in [-0.3, -0.25) is 10.1 Å². The first kappa shape index (κ1) is 16.0. The fourth-order valence-corrected chi connectivity index (χ4v) is 1.85. The van der Waals surface area contributed by atoms with Crippen LogP contribution in [0.1, 0.15) is 12.7 Å². The molecule has 0 unspecified atom stereocenters. The van der Waals surface area contributed by atoms with E-state index in [-0.39, 0.29) is 23.6 Å². The normalized spacial score (nSPS) is 10.9. The zero-order chi connectivity index (χ0) is 16.8. The Morgan fingerprint density at radius 3 is 2.87 bits per heavy atom. The van der Waals surface area contributed by atoms with Crippen molar-refractivity contribution >= 4 is 17.7 Å². The van der Waals surface area contributed by atoms with Crippen molar-refractivity contribution in [3.63, 3.8) is 0 Å². The van der Waals surface area contributed by atoms with Crippen molar-refractivity contribution in [2.24, 2.45) is 0 Å². The van der Waals surface area contributed by atoms with Crippen molar-refractivity contribution in [3.8, 4) is 17.4 Å². The Hall–Kier alpha value is -3.40. The van der Waals surface area contributed by atoms with Gasteiger partial charge in [-0.2, -0.15) is 5.26 Å². The lowest BCUT2D eigenvalue weighted by atomic mass is 10.1. The number of rotatable bonds is 5. The van der Waals surface area contributed by atoms with Crippen LogP contribution < -0.4 is 0 Å². The molecule has 23 heavy (non-hydrogen) atoms. The van der Waals surface area contributed by atoms with Crippen molar-refractivity contribution in [1.29, 1.82) is 5.26 Å². The van der Waals surface area contributed by atoms with Gasteiger partial charge in [0.1, 0.15) is 23.2 Å². The molecule has 2 aromatic rings. The molecular weight excluding hydrogens is 300 g/mol. The molecule has 0 bridgehead atoms. The van der Waals surface area contributed by atoms with Crippen molar-refractivity contribution < 1.29 is 18.9 Å². The third-order valence-corrected chi connectivity index (χ3v) is 2.87. The molecule has 0 fully saturated rings. The number of carbonyl (C=O) groups is 1. The first-order valence-corrected chi connectivity index (χ1v) is 6.68. The minimum atomic E-state index is -0.733. The highest BCUT2D eigenvalue weighted by molar-refractivity contribution is 5.97. The standard InChI is InChI=1S/C16H12N2O5/c1-2-22-16(19)12(10-17)9-14-6-7-15(23-14)11-4-3-5-13(8-11)18(20)21/h3-9H,2H2,1H3. The fraction of sp³-hybridized carbons (Fsp3) is 0.125. The number of benzene rings is 1. The minimum absolute atomic E-state index is 0.0553. The lowest BCUT2D eigenvalue weighted by Gasteiger charge is -1.99. The Morgan fingerprint density at radius 1 is 1.43 bits per heavy atom. The molecule has 0 aliphatic heterocycles. The molecule has 2 rings (SSSR count). The van der Waals surface area contributed by atoms with Gasteiger partial charge >= 0.3 is 5.97 Å². The summed E-state index contributed by atoms with van der Waals surface area (Å²) in [5.74, 6) is -0.0690. The van der Waals surface area contributed by atoms with Crippen molar-refractivity contribution in [2.45, 2.75) is 6.92 Å². The van der Waals surface area contributed by atoms with Crippen molar-refractivity contribution in [3.05, 3.63) is 57.8 Å². The van der Waals surface area contributed by atoms with E-state index in [4.69, 9.17) is 14.4 Å². The molecule has 1 aromatic carbocycles. The summed E-state index contributed by atoms with van der Waals surface area (Å²) in [7, 11) is 0. The van der Waals surface area contributed by atoms with E-state index in [1.807, 2.05) is 0 Å². The molecule has 116 valence electrons. The topological polar surface area (TPSA) is 106 Å². The van der Waals surface area contributed by atoms with Gasteiger partial charge in [0.25, 0.3) is 5.69 Å². The monoisotopic (exact) mass is 312 g/mol. The van der Waals surface area contributed by atoms with E-state index in [1.165, 1.54) is 18.2 Å². The number of non-ortho nitro benzene ring substituents is 1. The number of furan rings is 1. The van der Waals surface area contributed by atoms with E-state index in [1.54, 1.807) is 37.3 Å². The number of nitriles is 1. The van der Waals surface area contributed by atoms with E-state index in [2.05, 4.69) is 0 Å². The first-order valence-electron chi connectivity index (χ1n) is 6.68. The van der Waals surface area contributed by atoms with Gasteiger partial charge in [-0.1, -0.05) is 12.1 Å². The van der Waals surface area contributed by atoms with E-state index >= 15 is 0 Å². The second-order valence-corrected chi connectivity index (χ2v) is 4.40. The van der Waals surface area contributed by atoms with E-state index < -0.39 is 10.9 Å². The minimum Gasteiger partial charge on any atom is -0.462 e. The average molecular weight is 312 g/mol. The molecular formula is C16H12N2O5. The Balaban J connectivity index is 2.30. The smallest absolute Gasteiger partial charge is 0.349 e. The van der Waals surface area contributed by atoms with Crippen molar-refractivity contribution in [2.75, 3.05) is 6.61 Å². The number of hydrogen-bond donors (Lipinski definition) is 0. The van der Waals surface area contributed by atoms with Crippen LogP contribution in [-0.2, 0) is 9.53 Å². The predicted octanol–water partition coefficient (Wildman–Crippen LogP) is 3.32. The van der Waals surface area contributed by atoms with E-state index in [9.17, 15) is 14.9 Å². The molecule has 0 N–H and O–H groups in total. The Bertz CT molecular complexity index is 814. The van der Waals surface area contributed by atoms with Crippen LogP contribution in [0.4, 0.5) is 5.69 Å². The Morgan fingerprint density at radius 2 is 2.22 bits per heavy atom. The molecule has 7 nitrogen and oxygen atoms in total. The lowest BCUT2D eigenvalue weighted by Crippen LogP contribution is -2.05. The number of nitro benzene ring substituents is 1. The Kier molecular flexibility index (Phi) is 4.89. The molecule has 0 aliphatic rings. The zero-order valence-corrected chi connectivity index (χ0v) is 12.2.